The molecule has 1 amide bonds. The molecular weight excluding hydrogens is 500 g/mol. The lowest BCUT2D eigenvalue weighted by Gasteiger charge is -2.18. The zero-order valence-electron chi connectivity index (χ0n) is 21.9. The number of hydrogen-bond acceptors (Lipinski definition) is 7. The van der Waals surface area contributed by atoms with Crippen molar-refractivity contribution in [3.63, 3.8) is 0 Å². The number of carbonyl (C=O) groups is 2. The molecule has 5 rings (SSSR count). The highest BCUT2D eigenvalue weighted by atomic mass is 32.1. The fourth-order valence-electron chi connectivity index (χ4n) is 4.94. The quantitative estimate of drug-likeness (QED) is 0.273. The van der Waals surface area contributed by atoms with Crippen molar-refractivity contribution < 1.29 is 23.8 Å². The van der Waals surface area contributed by atoms with E-state index in [1.54, 1.807) is 33.3 Å². The van der Waals surface area contributed by atoms with Gasteiger partial charge in [-0.15, -0.1) is 11.3 Å². The Balaban J connectivity index is 1.59. The Kier molecular flexibility index (Phi) is 7.33. The smallest absolute Gasteiger partial charge is 0.341 e. The van der Waals surface area contributed by atoms with E-state index < -0.39 is 5.97 Å². The highest BCUT2D eigenvalue weighted by Gasteiger charge is 2.29. The first-order chi connectivity index (χ1) is 18.4. The van der Waals surface area contributed by atoms with E-state index >= 15 is 0 Å². The number of nitrogens with zero attached hydrogens (tertiary/aromatic N) is 1. The number of anilines is 1. The van der Waals surface area contributed by atoms with Crippen LogP contribution >= 0.6 is 11.3 Å². The average Bonchev–Trinajstić information content (AvgIpc) is 3.28. The number of methoxy groups -OCH3 is 2. The molecule has 0 radical (unpaired) electrons. The van der Waals surface area contributed by atoms with Crippen LogP contribution in [0.3, 0.4) is 0 Å². The molecule has 1 unspecified atom stereocenters. The number of para-hydroxylation sites is 1. The molecule has 196 valence electrons. The summed E-state index contributed by atoms with van der Waals surface area (Å²) in [5.74, 6) is 1.08. The van der Waals surface area contributed by atoms with Gasteiger partial charge in [0.2, 0.25) is 0 Å². The largest absolute Gasteiger partial charge is 0.497 e. The van der Waals surface area contributed by atoms with Crippen LogP contribution < -0.4 is 14.8 Å². The van der Waals surface area contributed by atoms with Crippen LogP contribution in [0.2, 0.25) is 0 Å². The number of hydrogen-bond donors (Lipinski definition) is 1. The molecule has 2 heterocycles. The first-order valence-corrected chi connectivity index (χ1v) is 13.5. The molecule has 1 N–H and O–H groups in total. The van der Waals surface area contributed by atoms with Gasteiger partial charge in [0, 0.05) is 21.9 Å². The summed E-state index contributed by atoms with van der Waals surface area (Å²) in [4.78, 5) is 32.8. The van der Waals surface area contributed by atoms with Crippen molar-refractivity contribution in [3.05, 3.63) is 70.1 Å². The fraction of sp³-hybridized carbons (Fsp3) is 0.300. The molecular formula is C30H30N2O5S. The number of pyridine rings is 1. The third-order valence-electron chi connectivity index (χ3n) is 6.86. The van der Waals surface area contributed by atoms with Crippen LogP contribution in [0.25, 0.3) is 22.2 Å². The van der Waals surface area contributed by atoms with E-state index in [1.807, 2.05) is 36.4 Å². The number of fused-ring (bicyclic) bond motifs is 2. The van der Waals surface area contributed by atoms with Gasteiger partial charge >= 0.3 is 5.97 Å². The van der Waals surface area contributed by atoms with Crippen LogP contribution in [0.4, 0.5) is 5.00 Å². The molecule has 0 bridgehead atoms. The number of thiophene rings is 1. The van der Waals surface area contributed by atoms with Gasteiger partial charge in [-0.1, -0.05) is 25.1 Å². The normalized spacial score (nSPS) is 14.6. The Morgan fingerprint density at radius 2 is 1.92 bits per heavy atom. The molecule has 1 aliphatic carbocycles. The topological polar surface area (TPSA) is 86.8 Å². The number of nitrogens with one attached hydrogen (secondary N) is 1. The van der Waals surface area contributed by atoms with Gasteiger partial charge in [-0.2, -0.15) is 0 Å². The maximum absolute atomic E-state index is 13.8. The molecule has 8 heteroatoms. The Morgan fingerprint density at radius 3 is 2.68 bits per heavy atom. The third kappa shape index (κ3) is 4.84. The van der Waals surface area contributed by atoms with Gasteiger partial charge in [-0.05, 0) is 61.9 Å². The van der Waals surface area contributed by atoms with Crippen molar-refractivity contribution in [2.45, 2.75) is 33.1 Å². The molecule has 7 nitrogen and oxygen atoms in total. The van der Waals surface area contributed by atoms with Crippen LogP contribution in [0.1, 0.15) is 51.4 Å². The highest BCUT2D eigenvalue weighted by Crippen LogP contribution is 2.41. The predicted molar refractivity (Wildman–Crippen MR) is 150 cm³/mol. The maximum atomic E-state index is 13.8. The van der Waals surface area contributed by atoms with Crippen molar-refractivity contribution in [2.75, 3.05) is 26.1 Å². The highest BCUT2D eigenvalue weighted by molar-refractivity contribution is 7.17. The van der Waals surface area contributed by atoms with Gasteiger partial charge in [0.15, 0.2) is 0 Å². The van der Waals surface area contributed by atoms with Crippen molar-refractivity contribution in [1.29, 1.82) is 0 Å². The minimum Gasteiger partial charge on any atom is -0.497 e. The second-order valence-corrected chi connectivity index (χ2v) is 10.5. The van der Waals surface area contributed by atoms with Crippen LogP contribution in [0, 0.1) is 5.92 Å². The fourth-order valence-corrected chi connectivity index (χ4v) is 6.33. The number of amides is 1. The van der Waals surface area contributed by atoms with Gasteiger partial charge in [0.25, 0.3) is 5.91 Å². The summed E-state index contributed by atoms with van der Waals surface area (Å²) < 4.78 is 16.3. The molecule has 0 aliphatic heterocycles. The van der Waals surface area contributed by atoms with Gasteiger partial charge in [-0.25, -0.2) is 9.78 Å². The average molecular weight is 531 g/mol. The van der Waals surface area contributed by atoms with Gasteiger partial charge in [0.05, 0.1) is 43.2 Å². The Labute approximate surface area is 225 Å². The van der Waals surface area contributed by atoms with Crippen LogP contribution in [-0.4, -0.2) is 37.7 Å². The monoisotopic (exact) mass is 530 g/mol. The lowest BCUT2D eigenvalue weighted by Crippen LogP contribution is -2.17. The molecule has 4 aromatic rings. The zero-order valence-corrected chi connectivity index (χ0v) is 22.7. The molecule has 2 aromatic heterocycles. The summed E-state index contributed by atoms with van der Waals surface area (Å²) in [5.41, 5.74) is 3.96. The Bertz CT molecular complexity index is 1530. The minimum atomic E-state index is -0.391. The summed E-state index contributed by atoms with van der Waals surface area (Å²) in [6, 6.07) is 14.8. The van der Waals surface area contributed by atoms with Crippen molar-refractivity contribution in [1.82, 2.24) is 4.98 Å². The zero-order chi connectivity index (χ0) is 26.8. The summed E-state index contributed by atoms with van der Waals surface area (Å²) in [6.07, 6.45) is 2.70. The SMILES string of the molecule is CCOC(=O)c1c(NC(=O)c2cc(-c3ccc(OC)cc3OC)nc3ccccc23)sc2c1CCC(C)C2. The molecule has 0 saturated carbocycles. The Morgan fingerprint density at radius 1 is 1.11 bits per heavy atom. The predicted octanol–water partition coefficient (Wildman–Crippen LogP) is 6.53. The lowest BCUT2D eigenvalue weighted by atomic mass is 9.88. The minimum absolute atomic E-state index is 0.273. The molecule has 1 aliphatic rings. The van der Waals surface area contributed by atoms with Crippen molar-refractivity contribution in [2.24, 2.45) is 5.92 Å². The maximum Gasteiger partial charge on any atom is 0.341 e. The number of carbonyl (C=O) groups excluding carboxylic acids is 2. The van der Waals surface area contributed by atoms with Crippen LogP contribution in [0.5, 0.6) is 11.5 Å². The van der Waals surface area contributed by atoms with E-state index in [0.29, 0.717) is 50.1 Å². The van der Waals surface area contributed by atoms with E-state index in [1.165, 1.54) is 11.3 Å². The first-order valence-electron chi connectivity index (χ1n) is 12.7. The van der Waals surface area contributed by atoms with Crippen LogP contribution in [0.15, 0.2) is 48.5 Å². The third-order valence-corrected chi connectivity index (χ3v) is 8.03. The number of esters is 1. The summed E-state index contributed by atoms with van der Waals surface area (Å²) in [5, 5.41) is 4.31. The van der Waals surface area contributed by atoms with E-state index in [9.17, 15) is 9.59 Å². The second kappa shape index (κ2) is 10.8. The van der Waals surface area contributed by atoms with Crippen LogP contribution in [-0.2, 0) is 17.6 Å². The van der Waals surface area contributed by atoms with Gasteiger partial charge < -0.3 is 19.5 Å². The lowest BCUT2D eigenvalue weighted by molar-refractivity contribution is 0.0526. The molecule has 0 fully saturated rings. The van der Waals surface area contributed by atoms with Crippen molar-refractivity contribution in [3.8, 4) is 22.8 Å². The van der Waals surface area contributed by atoms with Gasteiger partial charge in [0.1, 0.15) is 16.5 Å². The van der Waals surface area contributed by atoms with E-state index in [4.69, 9.17) is 19.2 Å². The summed E-state index contributed by atoms with van der Waals surface area (Å²) in [7, 11) is 3.18. The number of rotatable bonds is 7. The molecule has 1 atom stereocenters. The van der Waals surface area contributed by atoms with E-state index in [0.717, 1.165) is 35.3 Å². The molecule has 0 saturated heterocycles. The number of aromatic nitrogens is 1. The molecule has 38 heavy (non-hydrogen) atoms. The standard InChI is InChI=1S/C30H30N2O5S/c1-5-37-30(34)27-21-12-10-17(2)14-26(21)38-29(27)32-28(33)22-16-24(31-23-9-7-6-8-19(22)23)20-13-11-18(35-3)15-25(20)36-4/h6-9,11,13,15-17H,5,10,12,14H2,1-4H3,(H,32,33). The molecule has 0 spiro atoms. The Hall–Kier alpha value is -3.91. The van der Waals surface area contributed by atoms with Gasteiger partial charge in [-0.3, -0.25) is 4.79 Å². The summed E-state index contributed by atoms with van der Waals surface area (Å²) in [6.45, 7) is 4.27. The number of ether oxygens (including phenoxy) is 3. The van der Waals surface area contributed by atoms with E-state index in [-0.39, 0.29) is 12.5 Å². The second-order valence-electron chi connectivity index (χ2n) is 9.37. The van der Waals surface area contributed by atoms with E-state index in [2.05, 4.69) is 12.2 Å². The first kappa shape index (κ1) is 25.7. The molecule has 2 aromatic carbocycles. The number of benzene rings is 2. The van der Waals surface area contributed by atoms with Crippen molar-refractivity contribution >= 4 is 39.1 Å². The summed E-state index contributed by atoms with van der Waals surface area (Å²) >= 11 is 1.48.